The van der Waals surface area contributed by atoms with E-state index in [1.165, 1.54) is 11.3 Å². The van der Waals surface area contributed by atoms with E-state index in [-0.39, 0.29) is 5.97 Å². The van der Waals surface area contributed by atoms with E-state index in [0.717, 1.165) is 5.56 Å². The van der Waals surface area contributed by atoms with Crippen molar-refractivity contribution >= 4 is 28.1 Å². The second kappa shape index (κ2) is 5.65. The monoisotopic (exact) mass is 240 g/mol. The molecule has 0 aliphatic rings. The van der Waals surface area contributed by atoms with Crippen molar-refractivity contribution < 1.29 is 9.53 Å². The van der Waals surface area contributed by atoms with Crippen molar-refractivity contribution in [3.63, 3.8) is 0 Å². The molecule has 1 heterocycles. The molecule has 0 aliphatic heterocycles. The number of nitrogens with zero attached hydrogens (tertiary/aromatic N) is 1. The van der Waals surface area contributed by atoms with Gasteiger partial charge < -0.3 is 10.5 Å². The number of esters is 1. The van der Waals surface area contributed by atoms with Crippen molar-refractivity contribution in [2.45, 2.75) is 27.2 Å². The summed E-state index contributed by atoms with van der Waals surface area (Å²) in [4.78, 5) is 15.9. The van der Waals surface area contributed by atoms with Gasteiger partial charge in [-0.25, -0.2) is 9.79 Å². The highest BCUT2D eigenvalue weighted by molar-refractivity contribution is 7.14. The van der Waals surface area contributed by atoms with Crippen LogP contribution in [0, 0.1) is 6.92 Å². The molecule has 0 radical (unpaired) electrons. The van der Waals surface area contributed by atoms with E-state index < -0.39 is 0 Å². The molecule has 0 aliphatic carbocycles. The number of nitrogens with two attached hydrogens (primary N) is 1. The fourth-order valence-electron chi connectivity index (χ4n) is 1.17. The van der Waals surface area contributed by atoms with E-state index in [1.54, 1.807) is 6.92 Å². The van der Waals surface area contributed by atoms with Crippen LogP contribution in [-0.4, -0.2) is 18.4 Å². The summed E-state index contributed by atoms with van der Waals surface area (Å²) in [5.41, 5.74) is 7.07. The number of amidine groups is 1. The molecule has 2 N–H and O–H groups in total. The van der Waals surface area contributed by atoms with Crippen LogP contribution in [0.5, 0.6) is 0 Å². The molecular formula is C11H16N2O2S. The quantitative estimate of drug-likeness (QED) is 0.500. The average Bonchev–Trinajstić information content (AvgIpc) is 2.60. The predicted molar refractivity (Wildman–Crippen MR) is 66.6 cm³/mol. The molecule has 0 fully saturated rings. The number of aryl methyl sites for hydroxylation is 1. The molecule has 5 heteroatoms. The van der Waals surface area contributed by atoms with Gasteiger partial charge in [0.1, 0.15) is 10.8 Å². The fraction of sp³-hybridized carbons (Fsp3) is 0.455. The van der Waals surface area contributed by atoms with Crippen molar-refractivity contribution in [3.05, 3.63) is 16.5 Å². The Balaban J connectivity index is 3.08. The SMILES string of the molecule is CCOC(=O)c1c(C)csc1/N=C(\N)CC. The minimum atomic E-state index is -0.330. The van der Waals surface area contributed by atoms with Crippen LogP contribution in [0.2, 0.25) is 0 Å². The first-order valence-corrected chi connectivity index (χ1v) is 6.06. The summed E-state index contributed by atoms with van der Waals surface area (Å²) in [6, 6.07) is 0. The van der Waals surface area contributed by atoms with Crippen molar-refractivity contribution in [1.82, 2.24) is 0 Å². The first kappa shape index (κ1) is 12.7. The van der Waals surface area contributed by atoms with Crippen molar-refractivity contribution in [2.75, 3.05) is 6.61 Å². The van der Waals surface area contributed by atoms with Gasteiger partial charge in [0.2, 0.25) is 0 Å². The average molecular weight is 240 g/mol. The van der Waals surface area contributed by atoms with Crippen LogP contribution in [0.3, 0.4) is 0 Å². The van der Waals surface area contributed by atoms with Crippen LogP contribution in [-0.2, 0) is 4.74 Å². The topological polar surface area (TPSA) is 64.7 Å². The first-order valence-electron chi connectivity index (χ1n) is 5.18. The van der Waals surface area contributed by atoms with Crippen LogP contribution in [0.15, 0.2) is 10.4 Å². The van der Waals surface area contributed by atoms with Crippen LogP contribution in [0.25, 0.3) is 0 Å². The van der Waals surface area contributed by atoms with Gasteiger partial charge in [0.05, 0.1) is 12.2 Å². The molecule has 0 bridgehead atoms. The molecule has 88 valence electrons. The maximum Gasteiger partial charge on any atom is 0.341 e. The Morgan fingerprint density at radius 3 is 2.81 bits per heavy atom. The Bertz CT molecular complexity index is 410. The zero-order valence-corrected chi connectivity index (χ0v) is 10.6. The van der Waals surface area contributed by atoms with Crippen molar-refractivity contribution in [2.24, 2.45) is 10.7 Å². The Labute approximate surface area is 99.1 Å². The Hall–Kier alpha value is -1.36. The third kappa shape index (κ3) is 2.82. The largest absolute Gasteiger partial charge is 0.462 e. The van der Waals surface area contributed by atoms with Gasteiger partial charge in [0.15, 0.2) is 0 Å². The molecule has 0 amide bonds. The van der Waals surface area contributed by atoms with E-state index in [0.29, 0.717) is 29.4 Å². The minimum Gasteiger partial charge on any atom is -0.462 e. The standard InChI is InChI=1S/C11H16N2O2S/c1-4-8(12)13-10-9(7(3)6-16-10)11(14)15-5-2/h6H,4-5H2,1-3H3,(H2,12,13). The highest BCUT2D eigenvalue weighted by atomic mass is 32.1. The molecular weight excluding hydrogens is 224 g/mol. The lowest BCUT2D eigenvalue weighted by Gasteiger charge is -2.02. The Morgan fingerprint density at radius 1 is 1.56 bits per heavy atom. The van der Waals surface area contributed by atoms with E-state index in [1.807, 2.05) is 19.2 Å². The summed E-state index contributed by atoms with van der Waals surface area (Å²) in [6.07, 6.45) is 0.666. The molecule has 0 unspecified atom stereocenters. The second-order valence-corrected chi connectivity index (χ2v) is 4.13. The normalized spacial score (nSPS) is 11.6. The molecule has 0 aromatic carbocycles. The predicted octanol–water partition coefficient (Wildman–Crippen LogP) is 2.63. The van der Waals surface area contributed by atoms with Gasteiger partial charge in [0.25, 0.3) is 0 Å². The van der Waals surface area contributed by atoms with Crippen LogP contribution < -0.4 is 5.73 Å². The Kier molecular flexibility index (Phi) is 4.49. The highest BCUT2D eigenvalue weighted by Crippen LogP contribution is 2.31. The number of ether oxygens (including phenoxy) is 1. The molecule has 16 heavy (non-hydrogen) atoms. The first-order chi connectivity index (χ1) is 7.60. The smallest absolute Gasteiger partial charge is 0.341 e. The lowest BCUT2D eigenvalue weighted by atomic mass is 10.2. The van der Waals surface area contributed by atoms with Crippen molar-refractivity contribution in [3.8, 4) is 0 Å². The zero-order valence-electron chi connectivity index (χ0n) is 9.74. The lowest BCUT2D eigenvalue weighted by molar-refractivity contribution is 0.0527. The molecule has 1 rings (SSSR count). The number of carbonyl (C=O) groups excluding carboxylic acids is 1. The number of thiophene rings is 1. The van der Waals surface area contributed by atoms with Crippen LogP contribution in [0.4, 0.5) is 5.00 Å². The number of rotatable bonds is 4. The number of aliphatic imine (C=N–C) groups is 1. The molecule has 0 saturated heterocycles. The van der Waals surface area contributed by atoms with E-state index >= 15 is 0 Å². The molecule has 1 aromatic heterocycles. The Morgan fingerprint density at radius 2 is 2.25 bits per heavy atom. The third-order valence-electron chi connectivity index (χ3n) is 2.04. The summed E-state index contributed by atoms with van der Waals surface area (Å²) in [5, 5.41) is 2.52. The van der Waals surface area contributed by atoms with Gasteiger partial charge in [-0.1, -0.05) is 6.92 Å². The summed E-state index contributed by atoms with van der Waals surface area (Å²) in [6.45, 7) is 5.93. The van der Waals surface area contributed by atoms with Gasteiger partial charge in [0, 0.05) is 6.42 Å². The zero-order chi connectivity index (χ0) is 12.1. The van der Waals surface area contributed by atoms with Gasteiger partial charge in [-0.2, -0.15) is 0 Å². The fourth-order valence-corrected chi connectivity index (χ4v) is 2.11. The van der Waals surface area contributed by atoms with Crippen LogP contribution >= 0.6 is 11.3 Å². The molecule has 0 atom stereocenters. The van der Waals surface area contributed by atoms with E-state index in [9.17, 15) is 4.79 Å². The van der Waals surface area contributed by atoms with E-state index in [2.05, 4.69) is 4.99 Å². The molecule has 0 spiro atoms. The van der Waals surface area contributed by atoms with E-state index in [4.69, 9.17) is 10.5 Å². The summed E-state index contributed by atoms with van der Waals surface area (Å²) >= 11 is 1.41. The third-order valence-corrected chi connectivity index (χ3v) is 3.03. The number of hydrogen-bond donors (Lipinski definition) is 1. The second-order valence-electron chi connectivity index (χ2n) is 3.28. The van der Waals surface area contributed by atoms with Gasteiger partial charge in [-0.05, 0) is 24.8 Å². The molecule has 0 saturated carbocycles. The van der Waals surface area contributed by atoms with Gasteiger partial charge in [-0.3, -0.25) is 0 Å². The summed E-state index contributed by atoms with van der Waals surface area (Å²) in [7, 11) is 0. The maximum absolute atomic E-state index is 11.7. The highest BCUT2D eigenvalue weighted by Gasteiger charge is 2.17. The molecule has 4 nitrogen and oxygen atoms in total. The summed E-state index contributed by atoms with van der Waals surface area (Å²) < 4.78 is 4.98. The van der Waals surface area contributed by atoms with Gasteiger partial charge >= 0.3 is 5.97 Å². The number of carbonyl (C=O) groups is 1. The van der Waals surface area contributed by atoms with Crippen LogP contribution in [0.1, 0.15) is 36.2 Å². The molecule has 1 aromatic rings. The van der Waals surface area contributed by atoms with Crippen molar-refractivity contribution in [1.29, 1.82) is 0 Å². The number of hydrogen-bond acceptors (Lipinski definition) is 4. The van der Waals surface area contributed by atoms with Gasteiger partial charge in [-0.15, -0.1) is 11.3 Å². The maximum atomic E-state index is 11.7. The summed E-state index contributed by atoms with van der Waals surface area (Å²) in [5.74, 6) is 0.191. The minimum absolute atomic E-state index is 0.330. The lowest BCUT2D eigenvalue weighted by Crippen LogP contribution is -2.10.